The van der Waals surface area contributed by atoms with Crippen molar-refractivity contribution in [2.24, 2.45) is 5.92 Å². The molecule has 1 aromatic rings. The van der Waals surface area contributed by atoms with Gasteiger partial charge in [-0.1, -0.05) is 41.5 Å². The number of hydrogen-bond donors (Lipinski definition) is 0. The first kappa shape index (κ1) is 31.1. The second-order valence-corrected chi connectivity index (χ2v) is 8.45. The Morgan fingerprint density at radius 3 is 1.94 bits per heavy atom. The second-order valence-electron chi connectivity index (χ2n) is 8.45. The number of amides is 1. The molecule has 1 aromatic carbocycles. The summed E-state index contributed by atoms with van der Waals surface area (Å²) in [5.74, 6) is 0.594. The minimum absolute atomic E-state index is 0.0417. The molecule has 0 radical (unpaired) electrons. The highest BCUT2D eigenvalue weighted by Gasteiger charge is 2.19. The minimum atomic E-state index is 0.0417. The van der Waals surface area contributed by atoms with Crippen molar-refractivity contribution >= 4 is 12.1 Å². The Labute approximate surface area is 192 Å². The number of nitriles is 1. The van der Waals surface area contributed by atoms with Crippen molar-refractivity contribution in [2.75, 3.05) is 38.2 Å². The molecule has 0 unspecified atom stereocenters. The number of methoxy groups -OCH3 is 1. The Hall–Kier alpha value is -2.06. The topological polar surface area (TPSA) is 56.6 Å². The van der Waals surface area contributed by atoms with Crippen LogP contribution in [0.3, 0.4) is 0 Å². The largest absolute Gasteiger partial charge is 0.379 e. The van der Waals surface area contributed by atoms with Crippen LogP contribution in [0.2, 0.25) is 0 Å². The zero-order valence-electron chi connectivity index (χ0n) is 22.0. The molecular weight excluding hydrogens is 386 g/mol. The highest BCUT2D eigenvalue weighted by atomic mass is 16.5. The molecule has 5 nitrogen and oxygen atoms in total. The average Bonchev–Trinajstić information content (AvgIpc) is 2.77. The van der Waals surface area contributed by atoms with Crippen LogP contribution < -0.4 is 4.90 Å². The zero-order valence-corrected chi connectivity index (χ0v) is 22.0. The van der Waals surface area contributed by atoms with Crippen LogP contribution in [-0.4, -0.2) is 50.2 Å². The van der Waals surface area contributed by atoms with E-state index in [9.17, 15) is 10.1 Å². The van der Waals surface area contributed by atoms with Gasteiger partial charge >= 0.3 is 0 Å². The van der Waals surface area contributed by atoms with Crippen LogP contribution >= 0.6 is 0 Å². The molecule has 178 valence electrons. The summed E-state index contributed by atoms with van der Waals surface area (Å²) in [6, 6.07) is 6.48. The third-order valence-electron chi connectivity index (χ3n) is 4.62. The third kappa shape index (κ3) is 12.4. The molecule has 1 heterocycles. The van der Waals surface area contributed by atoms with Gasteiger partial charge in [-0.05, 0) is 63.3 Å². The number of rotatable bonds is 4. The molecule has 1 fully saturated rings. The van der Waals surface area contributed by atoms with Crippen LogP contribution in [0.15, 0.2) is 12.1 Å². The van der Waals surface area contributed by atoms with Gasteiger partial charge in [0.15, 0.2) is 0 Å². The van der Waals surface area contributed by atoms with Crippen molar-refractivity contribution in [3.8, 4) is 6.07 Å². The number of nitrogens with zero attached hydrogens (tertiary/aromatic N) is 3. The summed E-state index contributed by atoms with van der Waals surface area (Å²) in [5.41, 5.74) is 4.30. The van der Waals surface area contributed by atoms with Crippen LogP contribution in [0.5, 0.6) is 0 Å². The summed E-state index contributed by atoms with van der Waals surface area (Å²) < 4.78 is 4.94. The standard InChI is InChI=1S/C17H23N3O.C5H12O.2C2H6/c1-13(2)8-15-10-17(16(11-18)9-14(15)3)20-6-4-19(12-21)5-7-20;1-5(2,3)6-4;2*1-2/h9-10,12-13H,4-8H2,1-3H3;1-4H3;2*1-2H3. The van der Waals surface area contributed by atoms with Gasteiger partial charge in [0.1, 0.15) is 6.07 Å². The van der Waals surface area contributed by atoms with Crippen LogP contribution in [0.4, 0.5) is 5.69 Å². The summed E-state index contributed by atoms with van der Waals surface area (Å²) in [5, 5.41) is 9.40. The molecule has 1 saturated heterocycles. The summed E-state index contributed by atoms with van der Waals surface area (Å²) in [6.45, 7) is 23.6. The monoisotopic (exact) mass is 433 g/mol. The molecule has 0 bridgehead atoms. The number of benzene rings is 1. The van der Waals surface area contributed by atoms with E-state index in [0.29, 0.717) is 5.92 Å². The van der Waals surface area contributed by atoms with Crippen LogP contribution in [0.25, 0.3) is 0 Å². The molecule has 5 heteroatoms. The Bertz CT molecular complexity index is 650. The molecule has 0 atom stereocenters. The van der Waals surface area contributed by atoms with Crippen LogP contribution in [0.1, 0.15) is 79.0 Å². The highest BCUT2D eigenvalue weighted by molar-refractivity contribution is 5.63. The molecule has 0 N–H and O–H groups in total. The smallest absolute Gasteiger partial charge is 0.209 e. The number of anilines is 1. The van der Waals surface area contributed by atoms with Crippen molar-refractivity contribution < 1.29 is 9.53 Å². The molecule has 0 spiro atoms. The summed E-state index contributed by atoms with van der Waals surface area (Å²) >= 11 is 0. The summed E-state index contributed by atoms with van der Waals surface area (Å²) in [7, 11) is 1.71. The lowest BCUT2D eigenvalue weighted by Gasteiger charge is -2.35. The fourth-order valence-corrected chi connectivity index (χ4v) is 2.82. The quantitative estimate of drug-likeness (QED) is 0.561. The fourth-order valence-electron chi connectivity index (χ4n) is 2.82. The third-order valence-corrected chi connectivity index (χ3v) is 4.62. The van der Waals surface area contributed by atoms with E-state index in [4.69, 9.17) is 4.74 Å². The normalized spacial score (nSPS) is 13.0. The number of hydrogen-bond acceptors (Lipinski definition) is 4. The summed E-state index contributed by atoms with van der Waals surface area (Å²) in [4.78, 5) is 14.8. The predicted octanol–water partition coefficient (Wildman–Crippen LogP) is 5.83. The first-order valence-corrected chi connectivity index (χ1v) is 11.6. The number of piperazine rings is 1. The van der Waals surface area contributed by atoms with Crippen molar-refractivity contribution in [2.45, 2.75) is 81.3 Å². The van der Waals surface area contributed by atoms with E-state index in [1.165, 1.54) is 11.1 Å². The lowest BCUT2D eigenvalue weighted by atomic mass is 9.95. The van der Waals surface area contributed by atoms with E-state index in [0.717, 1.165) is 50.3 Å². The lowest BCUT2D eigenvalue weighted by molar-refractivity contribution is -0.118. The van der Waals surface area contributed by atoms with Gasteiger partial charge in [-0.2, -0.15) is 5.26 Å². The van der Waals surface area contributed by atoms with Gasteiger partial charge in [0.05, 0.1) is 16.9 Å². The fraction of sp³-hybridized carbons (Fsp3) is 0.692. The maximum absolute atomic E-state index is 10.8. The molecular formula is C26H47N3O2. The van der Waals surface area contributed by atoms with Crippen LogP contribution in [0, 0.1) is 24.2 Å². The molecule has 31 heavy (non-hydrogen) atoms. The molecule has 0 aliphatic carbocycles. The van der Waals surface area contributed by atoms with Gasteiger partial charge in [0, 0.05) is 33.3 Å². The molecule has 1 aliphatic rings. The molecule has 2 rings (SSSR count). The summed E-state index contributed by atoms with van der Waals surface area (Å²) in [6.07, 6.45) is 1.93. The highest BCUT2D eigenvalue weighted by Crippen LogP contribution is 2.27. The van der Waals surface area contributed by atoms with Crippen molar-refractivity contribution in [3.63, 3.8) is 0 Å². The molecule has 0 saturated carbocycles. The van der Waals surface area contributed by atoms with E-state index >= 15 is 0 Å². The van der Waals surface area contributed by atoms with Gasteiger partial charge in [-0.25, -0.2) is 0 Å². The van der Waals surface area contributed by atoms with Crippen molar-refractivity contribution in [1.29, 1.82) is 5.26 Å². The van der Waals surface area contributed by atoms with Gasteiger partial charge in [0.25, 0.3) is 0 Å². The van der Waals surface area contributed by atoms with E-state index in [-0.39, 0.29) is 5.60 Å². The zero-order chi connectivity index (χ0) is 24.6. The van der Waals surface area contributed by atoms with E-state index in [2.05, 4.69) is 37.8 Å². The van der Waals surface area contributed by atoms with E-state index in [1.807, 2.05) is 54.5 Å². The molecule has 0 aromatic heterocycles. The SMILES string of the molecule is CC.CC.COC(C)(C)C.Cc1cc(C#N)c(N2CCN(C=O)CC2)cc1CC(C)C. The van der Waals surface area contributed by atoms with E-state index < -0.39 is 0 Å². The van der Waals surface area contributed by atoms with Crippen molar-refractivity contribution in [3.05, 3.63) is 28.8 Å². The second kappa shape index (κ2) is 16.6. The number of ether oxygens (including phenoxy) is 1. The first-order valence-electron chi connectivity index (χ1n) is 11.6. The Balaban J connectivity index is 0. The van der Waals surface area contributed by atoms with Crippen LogP contribution in [-0.2, 0) is 16.0 Å². The molecule has 1 amide bonds. The van der Waals surface area contributed by atoms with Gasteiger partial charge in [-0.3, -0.25) is 4.79 Å². The Morgan fingerprint density at radius 1 is 1.10 bits per heavy atom. The van der Waals surface area contributed by atoms with Gasteiger partial charge in [0.2, 0.25) is 6.41 Å². The number of aryl methyl sites for hydroxylation is 1. The Morgan fingerprint density at radius 2 is 1.58 bits per heavy atom. The maximum Gasteiger partial charge on any atom is 0.209 e. The van der Waals surface area contributed by atoms with Crippen molar-refractivity contribution in [1.82, 2.24) is 4.90 Å². The first-order chi connectivity index (χ1) is 14.6. The number of carbonyl (C=O) groups excluding carboxylic acids is 1. The maximum atomic E-state index is 10.8. The van der Waals surface area contributed by atoms with E-state index in [1.54, 1.807) is 12.0 Å². The minimum Gasteiger partial charge on any atom is -0.379 e. The Kier molecular flexibility index (Phi) is 16.7. The predicted molar refractivity (Wildman–Crippen MR) is 134 cm³/mol. The number of carbonyl (C=O) groups is 1. The van der Waals surface area contributed by atoms with Gasteiger partial charge in [-0.15, -0.1) is 0 Å². The lowest BCUT2D eigenvalue weighted by Crippen LogP contribution is -2.46. The van der Waals surface area contributed by atoms with Gasteiger partial charge < -0.3 is 14.5 Å². The average molecular weight is 434 g/mol. The molecule has 1 aliphatic heterocycles.